The SMILES string of the molecule is COc1ccc([C@H]2C3=CC[C@@H]4C(=O)N(C(N)=O)C(=O)[C@@H]4[C@@H]3CC3=C2C(=O)C(C)=CC3=O)c(O)c1. The van der Waals surface area contributed by atoms with E-state index in [9.17, 15) is 29.1 Å². The van der Waals surface area contributed by atoms with Crippen molar-refractivity contribution in [2.45, 2.75) is 25.7 Å². The summed E-state index contributed by atoms with van der Waals surface area (Å²) in [5.41, 5.74) is 7.18. The number of phenolic OH excluding ortho intramolecular Hbond substituents is 1. The third-order valence-corrected chi connectivity index (χ3v) is 7.33. The number of carbonyl (C=O) groups excluding carboxylic acids is 5. The number of imide groups is 3. The number of aromatic hydroxyl groups is 1. The van der Waals surface area contributed by atoms with Gasteiger partial charge in [0.15, 0.2) is 11.6 Å². The van der Waals surface area contributed by atoms with Crippen LogP contribution in [0, 0.1) is 17.8 Å². The first-order chi connectivity index (χ1) is 16.1. The van der Waals surface area contributed by atoms with Gasteiger partial charge in [-0.2, -0.15) is 4.90 Å². The fourth-order valence-corrected chi connectivity index (χ4v) is 5.83. The number of Topliss-reactive ketones (excluding diaryl/α,β-unsaturated/α-hetero) is 1. The van der Waals surface area contributed by atoms with Crippen LogP contribution in [0.1, 0.15) is 31.2 Å². The van der Waals surface area contributed by atoms with Crippen molar-refractivity contribution >= 4 is 29.4 Å². The lowest BCUT2D eigenvalue weighted by Crippen LogP contribution is -2.42. The zero-order valence-corrected chi connectivity index (χ0v) is 18.5. The highest BCUT2D eigenvalue weighted by Crippen LogP contribution is 2.56. The molecule has 1 saturated heterocycles. The molecule has 0 spiro atoms. The van der Waals surface area contributed by atoms with Crippen LogP contribution < -0.4 is 10.5 Å². The van der Waals surface area contributed by atoms with Crippen molar-refractivity contribution in [3.63, 3.8) is 0 Å². The van der Waals surface area contributed by atoms with E-state index >= 15 is 0 Å². The Morgan fingerprint density at radius 3 is 2.53 bits per heavy atom. The van der Waals surface area contributed by atoms with Gasteiger partial charge in [-0.1, -0.05) is 17.7 Å². The number of carbonyl (C=O) groups is 5. The number of phenols is 1. The molecule has 9 heteroatoms. The Balaban J connectivity index is 1.71. The fraction of sp³-hybridized carbons (Fsp3) is 0.320. The number of urea groups is 1. The van der Waals surface area contributed by atoms with Gasteiger partial charge in [0.05, 0.1) is 18.9 Å². The van der Waals surface area contributed by atoms with E-state index < -0.39 is 41.5 Å². The largest absolute Gasteiger partial charge is 0.507 e. The summed E-state index contributed by atoms with van der Waals surface area (Å²) in [7, 11) is 1.46. The Labute approximate surface area is 194 Å². The Bertz CT molecular complexity index is 1300. The molecule has 3 aliphatic carbocycles. The molecule has 5 rings (SSSR count). The minimum Gasteiger partial charge on any atom is -0.507 e. The van der Waals surface area contributed by atoms with Crippen LogP contribution in [0.5, 0.6) is 11.5 Å². The first kappa shape index (κ1) is 21.8. The fourth-order valence-electron chi connectivity index (χ4n) is 5.83. The molecule has 0 aromatic heterocycles. The molecular formula is C25H22N2O7. The van der Waals surface area contributed by atoms with E-state index in [4.69, 9.17) is 10.5 Å². The molecule has 0 radical (unpaired) electrons. The molecule has 174 valence electrons. The van der Waals surface area contributed by atoms with Gasteiger partial charge in [-0.15, -0.1) is 0 Å². The predicted octanol–water partition coefficient (Wildman–Crippen LogP) is 1.91. The zero-order valence-electron chi connectivity index (χ0n) is 18.5. The average Bonchev–Trinajstić information content (AvgIpc) is 3.06. The number of nitrogens with zero attached hydrogens (tertiary/aromatic N) is 1. The first-order valence-corrected chi connectivity index (χ1v) is 10.9. The number of methoxy groups -OCH3 is 1. The summed E-state index contributed by atoms with van der Waals surface area (Å²) >= 11 is 0. The van der Waals surface area contributed by atoms with E-state index in [1.54, 1.807) is 25.1 Å². The van der Waals surface area contributed by atoms with Crippen molar-refractivity contribution < 1.29 is 33.8 Å². The molecule has 0 unspecified atom stereocenters. The molecule has 0 bridgehead atoms. The molecule has 4 amide bonds. The van der Waals surface area contributed by atoms with Crippen molar-refractivity contribution in [3.05, 3.63) is 58.2 Å². The number of fused-ring (bicyclic) bond motifs is 3. The second kappa shape index (κ2) is 7.51. The summed E-state index contributed by atoms with van der Waals surface area (Å²) < 4.78 is 5.17. The molecule has 4 aliphatic rings. The van der Waals surface area contributed by atoms with Crippen LogP contribution in [0.15, 0.2) is 52.6 Å². The Kier molecular flexibility index (Phi) is 4.82. The van der Waals surface area contributed by atoms with E-state index in [1.165, 1.54) is 19.3 Å². The number of amides is 4. The van der Waals surface area contributed by atoms with E-state index in [-0.39, 0.29) is 41.3 Å². The minimum absolute atomic E-state index is 0.0791. The maximum absolute atomic E-state index is 13.3. The van der Waals surface area contributed by atoms with E-state index in [2.05, 4.69) is 0 Å². The lowest BCUT2D eigenvalue weighted by Gasteiger charge is -2.42. The number of benzene rings is 1. The summed E-state index contributed by atoms with van der Waals surface area (Å²) in [6, 6.07) is 3.56. The molecular weight excluding hydrogens is 440 g/mol. The number of nitrogens with two attached hydrogens (primary N) is 1. The van der Waals surface area contributed by atoms with Gasteiger partial charge in [0.1, 0.15) is 11.5 Å². The normalized spacial score (nSPS) is 28.2. The molecule has 4 atom stereocenters. The number of hydrogen-bond donors (Lipinski definition) is 2. The summed E-state index contributed by atoms with van der Waals surface area (Å²) in [5, 5.41) is 10.8. The number of allylic oxidation sites excluding steroid dienone is 6. The highest BCUT2D eigenvalue weighted by atomic mass is 16.5. The zero-order chi connectivity index (χ0) is 24.5. The van der Waals surface area contributed by atoms with Gasteiger partial charge in [-0.05, 0) is 37.8 Å². The van der Waals surface area contributed by atoms with Crippen molar-refractivity contribution in [2.75, 3.05) is 7.11 Å². The number of likely N-dealkylation sites (tertiary alicyclic amines) is 1. The number of rotatable bonds is 2. The van der Waals surface area contributed by atoms with Crippen molar-refractivity contribution in [2.24, 2.45) is 23.5 Å². The predicted molar refractivity (Wildman–Crippen MR) is 117 cm³/mol. The second-order valence-corrected chi connectivity index (χ2v) is 9.00. The maximum Gasteiger partial charge on any atom is 0.328 e. The van der Waals surface area contributed by atoms with Crippen molar-refractivity contribution in [1.82, 2.24) is 4.90 Å². The molecule has 1 heterocycles. The van der Waals surface area contributed by atoms with Gasteiger partial charge >= 0.3 is 6.03 Å². The number of primary amides is 1. The van der Waals surface area contributed by atoms with Gasteiger partial charge < -0.3 is 15.6 Å². The summed E-state index contributed by atoms with van der Waals surface area (Å²) in [6.45, 7) is 1.57. The highest BCUT2D eigenvalue weighted by Gasteiger charge is 2.57. The lowest BCUT2D eigenvalue weighted by atomic mass is 9.59. The first-order valence-electron chi connectivity index (χ1n) is 10.9. The molecule has 1 fully saturated rings. The van der Waals surface area contributed by atoms with Gasteiger partial charge in [0, 0.05) is 34.3 Å². The quantitative estimate of drug-likeness (QED) is 0.388. The number of ether oxygens (including phenoxy) is 1. The molecule has 3 N–H and O–H groups in total. The Hall–Kier alpha value is -4.01. The standard InChI is InChI=1S/C25H22N2O7/c1-10-7-17(28)16-9-15-12(5-6-14-20(15)24(32)27(23(14)31)25(26)33)19(21(16)22(10)30)13-4-3-11(34-2)8-18(13)29/h3-5,7-8,14-15,19-20,29H,6,9H2,1-2H3,(H2,26,33)/t14-,15+,19+,20-/m0/s1. The lowest BCUT2D eigenvalue weighted by molar-refractivity contribution is -0.136. The molecule has 34 heavy (non-hydrogen) atoms. The third-order valence-electron chi connectivity index (χ3n) is 7.33. The van der Waals surface area contributed by atoms with Gasteiger partial charge in [-0.3, -0.25) is 19.2 Å². The van der Waals surface area contributed by atoms with Gasteiger partial charge in [0.2, 0.25) is 11.8 Å². The van der Waals surface area contributed by atoms with Crippen LogP contribution in [0.25, 0.3) is 0 Å². The second-order valence-electron chi connectivity index (χ2n) is 9.00. The van der Waals surface area contributed by atoms with Crippen LogP contribution >= 0.6 is 0 Å². The molecule has 1 aromatic rings. The Morgan fingerprint density at radius 1 is 1.15 bits per heavy atom. The smallest absolute Gasteiger partial charge is 0.328 e. The van der Waals surface area contributed by atoms with E-state index in [1.807, 2.05) is 0 Å². The van der Waals surface area contributed by atoms with E-state index in [0.717, 1.165) is 0 Å². The Morgan fingerprint density at radius 2 is 1.88 bits per heavy atom. The topological polar surface area (TPSA) is 144 Å². The minimum atomic E-state index is -1.13. The van der Waals surface area contributed by atoms with Crippen LogP contribution in [-0.2, 0) is 19.2 Å². The molecule has 0 saturated carbocycles. The monoisotopic (exact) mass is 462 g/mol. The summed E-state index contributed by atoms with van der Waals surface area (Å²) in [4.78, 5) is 64.5. The van der Waals surface area contributed by atoms with E-state index in [0.29, 0.717) is 27.4 Å². The van der Waals surface area contributed by atoms with Crippen LogP contribution in [0.2, 0.25) is 0 Å². The maximum atomic E-state index is 13.3. The number of ketones is 2. The summed E-state index contributed by atoms with van der Waals surface area (Å²) in [6.07, 6.45) is 3.33. The average molecular weight is 462 g/mol. The van der Waals surface area contributed by atoms with Crippen LogP contribution in [-0.4, -0.2) is 46.5 Å². The van der Waals surface area contributed by atoms with Crippen molar-refractivity contribution in [1.29, 1.82) is 0 Å². The van der Waals surface area contributed by atoms with Crippen molar-refractivity contribution in [3.8, 4) is 11.5 Å². The summed E-state index contributed by atoms with van der Waals surface area (Å²) in [5.74, 6) is -4.74. The third kappa shape index (κ3) is 2.89. The molecule has 9 nitrogen and oxygen atoms in total. The van der Waals surface area contributed by atoms with Gasteiger partial charge in [-0.25, -0.2) is 4.79 Å². The molecule has 1 aromatic carbocycles. The molecule has 1 aliphatic heterocycles. The van der Waals surface area contributed by atoms with Crippen LogP contribution in [0.4, 0.5) is 4.79 Å². The van der Waals surface area contributed by atoms with Crippen LogP contribution in [0.3, 0.4) is 0 Å². The number of hydrogen-bond acceptors (Lipinski definition) is 7. The van der Waals surface area contributed by atoms with Gasteiger partial charge in [0.25, 0.3) is 0 Å². The highest BCUT2D eigenvalue weighted by molar-refractivity contribution is 6.24.